The summed E-state index contributed by atoms with van der Waals surface area (Å²) >= 11 is 8.86. The van der Waals surface area contributed by atoms with E-state index in [9.17, 15) is 4.79 Å². The van der Waals surface area contributed by atoms with Crippen molar-refractivity contribution in [2.24, 2.45) is 4.99 Å². The highest BCUT2D eigenvalue weighted by Crippen LogP contribution is 2.23. The summed E-state index contributed by atoms with van der Waals surface area (Å²) in [4.78, 5) is 21.9. The lowest BCUT2D eigenvalue weighted by molar-refractivity contribution is 0.0997. The average Bonchev–Trinajstić information content (AvgIpc) is 3.17. The van der Waals surface area contributed by atoms with Gasteiger partial charge in [-0.15, -0.1) is 17.9 Å². The molecule has 0 N–H and O–H groups in total. The zero-order chi connectivity index (χ0) is 17.4. The van der Waals surface area contributed by atoms with E-state index in [1.54, 1.807) is 6.08 Å². The Kier molecular flexibility index (Phi) is 4.25. The van der Waals surface area contributed by atoms with Crippen LogP contribution in [0.5, 0.6) is 0 Å². The number of benzene rings is 2. The van der Waals surface area contributed by atoms with Crippen molar-refractivity contribution in [3.05, 3.63) is 70.0 Å². The molecule has 0 aliphatic rings. The number of para-hydroxylation sites is 1. The number of allylic oxidation sites excluding steroid dienone is 1. The van der Waals surface area contributed by atoms with Crippen LogP contribution in [0.1, 0.15) is 9.80 Å². The minimum absolute atomic E-state index is 0.336. The molecule has 4 rings (SSSR count). The van der Waals surface area contributed by atoms with Crippen LogP contribution in [0.4, 0.5) is 0 Å². The molecule has 7 heteroatoms. The lowest BCUT2D eigenvalue weighted by Crippen LogP contribution is -2.16. The summed E-state index contributed by atoms with van der Waals surface area (Å²) in [6.07, 6.45) is 1.78. The molecule has 25 heavy (non-hydrogen) atoms. The molecule has 4 aromatic rings. The number of halogens is 1. The molecule has 0 unspecified atom stereocenters. The van der Waals surface area contributed by atoms with E-state index in [2.05, 4.69) is 16.6 Å². The molecule has 0 fully saturated rings. The van der Waals surface area contributed by atoms with Gasteiger partial charge in [0.2, 0.25) is 0 Å². The Morgan fingerprint density at radius 1 is 1.24 bits per heavy atom. The smallest absolute Gasteiger partial charge is 0.308 e. The van der Waals surface area contributed by atoms with Crippen LogP contribution in [0.15, 0.2) is 60.1 Å². The fraction of sp³-hybridized carbons (Fsp3) is 0.0556. The second kappa shape index (κ2) is 6.55. The topological polar surface area (TPSA) is 47.2 Å². The first-order valence-electron chi connectivity index (χ1n) is 7.50. The second-order valence-electron chi connectivity index (χ2n) is 5.30. The highest BCUT2D eigenvalue weighted by atomic mass is 35.5. The zero-order valence-corrected chi connectivity index (χ0v) is 15.4. The number of aromatic nitrogens is 2. The summed E-state index contributed by atoms with van der Waals surface area (Å²) in [5.41, 5.74) is 1.79. The maximum atomic E-state index is 12.6. The molecule has 2 aromatic carbocycles. The van der Waals surface area contributed by atoms with Crippen LogP contribution in [0.2, 0.25) is 5.02 Å². The van der Waals surface area contributed by atoms with Gasteiger partial charge in [-0.3, -0.25) is 4.79 Å². The number of rotatable bonds is 3. The third kappa shape index (κ3) is 3.04. The van der Waals surface area contributed by atoms with Gasteiger partial charge in [0.1, 0.15) is 0 Å². The third-order valence-electron chi connectivity index (χ3n) is 3.63. The lowest BCUT2D eigenvalue weighted by Gasteiger charge is -2.00. The Morgan fingerprint density at radius 3 is 2.88 bits per heavy atom. The van der Waals surface area contributed by atoms with Gasteiger partial charge in [0.15, 0.2) is 9.81 Å². The molecule has 0 radical (unpaired) electrons. The van der Waals surface area contributed by atoms with E-state index in [0.29, 0.717) is 21.4 Å². The van der Waals surface area contributed by atoms with Crippen molar-refractivity contribution >= 4 is 60.6 Å². The van der Waals surface area contributed by atoms with Crippen molar-refractivity contribution < 1.29 is 4.79 Å². The first-order valence-corrected chi connectivity index (χ1v) is 9.51. The first kappa shape index (κ1) is 16.2. The van der Waals surface area contributed by atoms with Crippen LogP contribution in [-0.2, 0) is 6.54 Å². The molecule has 124 valence electrons. The average molecular weight is 386 g/mol. The molecule has 4 nitrogen and oxygen atoms in total. The Labute approximate surface area is 156 Å². The minimum atomic E-state index is -0.336. The number of fused-ring (bicyclic) bond motifs is 2. The Bertz CT molecular complexity index is 1150. The molecule has 0 atom stereocenters. The summed E-state index contributed by atoms with van der Waals surface area (Å²) in [6, 6.07) is 13.3. The zero-order valence-electron chi connectivity index (χ0n) is 13.0. The Balaban J connectivity index is 1.85. The molecule has 0 aliphatic heterocycles. The van der Waals surface area contributed by atoms with Crippen molar-refractivity contribution in [1.82, 2.24) is 9.55 Å². The maximum absolute atomic E-state index is 12.6. The van der Waals surface area contributed by atoms with Crippen LogP contribution in [0.25, 0.3) is 20.4 Å². The number of carbonyl (C=O) groups is 1. The number of nitrogens with zero attached hydrogens (tertiary/aromatic N) is 3. The molecule has 0 saturated heterocycles. The predicted octanol–water partition coefficient (Wildman–Crippen LogP) is 4.89. The second-order valence-corrected chi connectivity index (χ2v) is 7.78. The van der Waals surface area contributed by atoms with Gasteiger partial charge >= 0.3 is 5.91 Å². The molecule has 0 bridgehead atoms. The summed E-state index contributed by atoms with van der Waals surface area (Å²) in [5.74, 6) is -0.336. The molecule has 0 saturated carbocycles. The molecule has 0 spiro atoms. The molecule has 2 aromatic heterocycles. The Morgan fingerprint density at radius 2 is 2.08 bits per heavy atom. The first-order chi connectivity index (χ1) is 12.2. The van der Waals surface area contributed by atoms with Gasteiger partial charge in [-0.05, 0) is 30.3 Å². The van der Waals surface area contributed by atoms with Gasteiger partial charge in [0, 0.05) is 11.6 Å². The van der Waals surface area contributed by atoms with Gasteiger partial charge in [0.25, 0.3) is 0 Å². The van der Waals surface area contributed by atoms with Gasteiger partial charge in [-0.1, -0.05) is 41.1 Å². The van der Waals surface area contributed by atoms with Crippen LogP contribution in [-0.4, -0.2) is 15.5 Å². The Hall–Kier alpha value is -2.28. The van der Waals surface area contributed by atoms with E-state index < -0.39 is 0 Å². The molecule has 1 amide bonds. The van der Waals surface area contributed by atoms with Gasteiger partial charge < -0.3 is 4.57 Å². The summed E-state index contributed by atoms with van der Waals surface area (Å²) in [7, 11) is 0. The monoisotopic (exact) mass is 385 g/mol. The number of thiazole rings is 2. The van der Waals surface area contributed by atoms with E-state index in [1.807, 2.05) is 47.0 Å². The van der Waals surface area contributed by atoms with E-state index in [-0.39, 0.29) is 5.91 Å². The number of hydrogen-bond donors (Lipinski definition) is 0. The third-order valence-corrected chi connectivity index (χ3v) is 5.93. The minimum Gasteiger partial charge on any atom is -0.312 e. The number of amides is 1. The molecular formula is C18H12ClN3OS2. The highest BCUT2D eigenvalue weighted by Gasteiger charge is 2.13. The SMILES string of the molecule is C=CCn1c(=NC(=O)c2nc3ccccc3s2)sc2cc(Cl)ccc21. The van der Waals surface area contributed by atoms with Gasteiger partial charge in [-0.25, -0.2) is 4.98 Å². The fourth-order valence-corrected chi connectivity index (χ4v) is 4.70. The summed E-state index contributed by atoms with van der Waals surface area (Å²) in [6.45, 7) is 4.35. The molecule has 0 aliphatic carbocycles. The van der Waals surface area contributed by atoms with Crippen molar-refractivity contribution in [1.29, 1.82) is 0 Å². The van der Waals surface area contributed by atoms with E-state index >= 15 is 0 Å². The van der Waals surface area contributed by atoms with Crippen LogP contribution >= 0.6 is 34.3 Å². The van der Waals surface area contributed by atoms with Crippen LogP contribution in [0, 0.1) is 0 Å². The van der Waals surface area contributed by atoms with E-state index in [4.69, 9.17) is 11.6 Å². The van der Waals surface area contributed by atoms with Gasteiger partial charge in [-0.2, -0.15) is 4.99 Å². The summed E-state index contributed by atoms with van der Waals surface area (Å²) in [5, 5.41) is 1.05. The predicted molar refractivity (Wildman–Crippen MR) is 105 cm³/mol. The van der Waals surface area contributed by atoms with Crippen molar-refractivity contribution in [3.8, 4) is 0 Å². The standard InChI is InChI=1S/C18H12ClN3OS2/c1-2-9-22-13-8-7-11(19)10-15(13)25-18(22)21-16(23)17-20-12-5-3-4-6-14(12)24-17/h2-8,10H,1,9H2. The van der Waals surface area contributed by atoms with E-state index in [1.165, 1.54) is 22.7 Å². The molecule has 2 heterocycles. The normalized spacial score (nSPS) is 12.1. The van der Waals surface area contributed by atoms with Crippen molar-refractivity contribution in [2.45, 2.75) is 6.54 Å². The van der Waals surface area contributed by atoms with Crippen LogP contribution in [0.3, 0.4) is 0 Å². The largest absolute Gasteiger partial charge is 0.312 e. The number of hydrogen-bond acceptors (Lipinski definition) is 4. The van der Waals surface area contributed by atoms with E-state index in [0.717, 1.165) is 20.4 Å². The van der Waals surface area contributed by atoms with Crippen LogP contribution < -0.4 is 4.80 Å². The highest BCUT2D eigenvalue weighted by molar-refractivity contribution is 7.20. The quantitative estimate of drug-likeness (QED) is 0.471. The fourth-order valence-electron chi connectivity index (χ4n) is 2.54. The maximum Gasteiger partial charge on any atom is 0.308 e. The molecular weight excluding hydrogens is 374 g/mol. The van der Waals surface area contributed by atoms with Crippen molar-refractivity contribution in [3.63, 3.8) is 0 Å². The number of carbonyl (C=O) groups excluding carboxylic acids is 1. The summed E-state index contributed by atoms with van der Waals surface area (Å²) < 4.78 is 3.91. The van der Waals surface area contributed by atoms with Crippen molar-refractivity contribution in [2.75, 3.05) is 0 Å². The lowest BCUT2D eigenvalue weighted by atomic mass is 10.3. The van der Waals surface area contributed by atoms with Gasteiger partial charge in [0.05, 0.1) is 20.4 Å².